The second-order valence-corrected chi connectivity index (χ2v) is 11.4. The molecule has 0 N–H and O–H groups in total. The molecule has 0 aromatic heterocycles. The van der Waals surface area contributed by atoms with Crippen molar-refractivity contribution in [2.24, 2.45) is 5.92 Å². The molecule has 1 fully saturated rings. The summed E-state index contributed by atoms with van der Waals surface area (Å²) in [6.45, 7) is 13.2. The van der Waals surface area contributed by atoms with Crippen LogP contribution in [0, 0.1) is 5.92 Å². The molecule has 38 heavy (non-hydrogen) atoms. The zero-order valence-corrected chi connectivity index (χ0v) is 24.4. The SMILES string of the molecule is CCCCCc1ccc(C(=O)N(Cc2ccc(C(=O)N(C)CC)cc2)C2CCN(CCC(C)C)CC2)cc1. The van der Waals surface area contributed by atoms with Gasteiger partial charge in [0.05, 0.1) is 0 Å². The average Bonchev–Trinajstić information content (AvgIpc) is 2.95. The normalized spacial score (nSPS) is 14.6. The van der Waals surface area contributed by atoms with Crippen molar-refractivity contribution in [1.82, 2.24) is 14.7 Å². The van der Waals surface area contributed by atoms with Crippen molar-refractivity contribution in [1.29, 1.82) is 0 Å². The fourth-order valence-electron chi connectivity index (χ4n) is 5.13. The highest BCUT2D eigenvalue weighted by Crippen LogP contribution is 2.23. The van der Waals surface area contributed by atoms with Crippen LogP contribution in [0.25, 0.3) is 0 Å². The van der Waals surface area contributed by atoms with E-state index in [0.717, 1.165) is 50.0 Å². The second kappa shape index (κ2) is 15.1. The van der Waals surface area contributed by atoms with Crippen LogP contribution in [-0.2, 0) is 13.0 Å². The van der Waals surface area contributed by atoms with Crippen molar-refractivity contribution < 1.29 is 9.59 Å². The number of carbonyl (C=O) groups is 2. The predicted octanol–water partition coefficient (Wildman–Crippen LogP) is 6.66. The molecule has 0 spiro atoms. The van der Waals surface area contributed by atoms with Crippen LogP contribution >= 0.6 is 0 Å². The van der Waals surface area contributed by atoms with E-state index in [2.05, 4.69) is 42.7 Å². The quantitative estimate of drug-likeness (QED) is 0.278. The smallest absolute Gasteiger partial charge is 0.254 e. The molecule has 1 aliphatic heterocycles. The zero-order chi connectivity index (χ0) is 27.5. The first-order valence-electron chi connectivity index (χ1n) is 14.8. The van der Waals surface area contributed by atoms with Crippen molar-refractivity contribution in [2.75, 3.05) is 33.2 Å². The Labute approximate surface area is 231 Å². The third kappa shape index (κ3) is 8.69. The Hall–Kier alpha value is -2.66. The Morgan fingerprint density at radius 1 is 0.868 bits per heavy atom. The molecule has 0 aliphatic carbocycles. The summed E-state index contributed by atoms with van der Waals surface area (Å²) in [4.78, 5) is 32.8. The van der Waals surface area contributed by atoms with Crippen LogP contribution in [0.5, 0.6) is 0 Å². The van der Waals surface area contributed by atoms with Crippen LogP contribution in [-0.4, -0.2) is 65.8 Å². The van der Waals surface area contributed by atoms with Gasteiger partial charge in [-0.25, -0.2) is 0 Å². The average molecular weight is 520 g/mol. The van der Waals surface area contributed by atoms with Gasteiger partial charge >= 0.3 is 0 Å². The molecule has 2 amide bonds. The van der Waals surface area contributed by atoms with Gasteiger partial charge in [0.15, 0.2) is 0 Å². The Kier molecular flexibility index (Phi) is 11.8. The van der Waals surface area contributed by atoms with E-state index in [1.165, 1.54) is 31.2 Å². The number of likely N-dealkylation sites (tertiary alicyclic amines) is 1. The molecule has 1 heterocycles. The molecule has 3 rings (SSSR count). The molecule has 1 saturated heterocycles. The Balaban J connectivity index is 1.74. The van der Waals surface area contributed by atoms with Gasteiger partial charge < -0.3 is 14.7 Å². The lowest BCUT2D eigenvalue weighted by atomic mass is 9.99. The van der Waals surface area contributed by atoms with Crippen LogP contribution < -0.4 is 0 Å². The van der Waals surface area contributed by atoms with Crippen molar-refractivity contribution in [3.8, 4) is 0 Å². The summed E-state index contributed by atoms with van der Waals surface area (Å²) in [5.41, 5.74) is 3.82. The highest BCUT2D eigenvalue weighted by Gasteiger charge is 2.29. The van der Waals surface area contributed by atoms with Crippen molar-refractivity contribution >= 4 is 11.8 Å². The first kappa shape index (κ1) is 29.9. The van der Waals surface area contributed by atoms with Gasteiger partial charge in [0, 0.05) is 50.4 Å². The summed E-state index contributed by atoms with van der Waals surface area (Å²) in [6.07, 6.45) is 7.93. The number of piperidine rings is 1. The first-order valence-corrected chi connectivity index (χ1v) is 14.8. The maximum absolute atomic E-state index is 13.9. The number of hydrogen-bond donors (Lipinski definition) is 0. The minimum absolute atomic E-state index is 0.0276. The molecule has 1 aliphatic rings. The summed E-state index contributed by atoms with van der Waals surface area (Å²) >= 11 is 0. The third-order valence-corrected chi connectivity index (χ3v) is 7.93. The highest BCUT2D eigenvalue weighted by molar-refractivity contribution is 5.95. The van der Waals surface area contributed by atoms with Crippen LogP contribution in [0.4, 0.5) is 0 Å². The molecule has 2 aromatic rings. The third-order valence-electron chi connectivity index (χ3n) is 7.93. The molecule has 0 atom stereocenters. The van der Waals surface area contributed by atoms with Gasteiger partial charge in [-0.2, -0.15) is 0 Å². The van der Waals surface area contributed by atoms with E-state index in [1.54, 1.807) is 4.90 Å². The Morgan fingerprint density at radius 3 is 2.00 bits per heavy atom. The van der Waals surface area contributed by atoms with Gasteiger partial charge in [-0.15, -0.1) is 0 Å². The topological polar surface area (TPSA) is 43.9 Å². The van der Waals surface area contributed by atoms with E-state index in [4.69, 9.17) is 0 Å². The summed E-state index contributed by atoms with van der Waals surface area (Å²) in [5.74, 6) is 0.846. The van der Waals surface area contributed by atoms with Gasteiger partial charge in [0.25, 0.3) is 11.8 Å². The minimum Gasteiger partial charge on any atom is -0.342 e. The van der Waals surface area contributed by atoms with E-state index in [9.17, 15) is 9.59 Å². The number of nitrogens with zero attached hydrogens (tertiary/aromatic N) is 3. The molecular formula is C33H49N3O2. The molecule has 0 bridgehead atoms. The van der Waals surface area contributed by atoms with E-state index >= 15 is 0 Å². The Bertz CT molecular complexity index is 992. The van der Waals surface area contributed by atoms with Gasteiger partial charge in [0.1, 0.15) is 0 Å². The van der Waals surface area contributed by atoms with Crippen LogP contribution in [0.15, 0.2) is 48.5 Å². The summed E-state index contributed by atoms with van der Waals surface area (Å²) < 4.78 is 0. The largest absolute Gasteiger partial charge is 0.342 e. The molecular weight excluding hydrogens is 470 g/mol. The number of carbonyl (C=O) groups excluding carboxylic acids is 2. The number of hydrogen-bond acceptors (Lipinski definition) is 3. The maximum atomic E-state index is 13.9. The predicted molar refractivity (Wildman–Crippen MR) is 158 cm³/mol. The van der Waals surface area contributed by atoms with E-state index in [0.29, 0.717) is 24.6 Å². The monoisotopic (exact) mass is 519 g/mol. The Morgan fingerprint density at radius 2 is 1.45 bits per heavy atom. The van der Waals surface area contributed by atoms with Crippen LogP contribution in [0.3, 0.4) is 0 Å². The summed E-state index contributed by atoms with van der Waals surface area (Å²) in [5, 5.41) is 0. The van der Waals surface area contributed by atoms with Gasteiger partial charge in [0.2, 0.25) is 0 Å². The van der Waals surface area contributed by atoms with E-state index in [-0.39, 0.29) is 17.9 Å². The number of aryl methyl sites for hydroxylation is 1. The lowest BCUT2D eigenvalue weighted by Gasteiger charge is -2.39. The van der Waals surface area contributed by atoms with Gasteiger partial charge in [-0.1, -0.05) is 57.9 Å². The summed E-state index contributed by atoms with van der Waals surface area (Å²) in [6, 6.07) is 16.3. The molecule has 208 valence electrons. The molecule has 0 unspecified atom stereocenters. The first-order chi connectivity index (χ1) is 18.3. The molecule has 5 nitrogen and oxygen atoms in total. The fraction of sp³-hybridized carbons (Fsp3) is 0.576. The maximum Gasteiger partial charge on any atom is 0.254 e. The fourth-order valence-corrected chi connectivity index (χ4v) is 5.13. The van der Waals surface area contributed by atoms with E-state index < -0.39 is 0 Å². The summed E-state index contributed by atoms with van der Waals surface area (Å²) in [7, 11) is 1.82. The van der Waals surface area contributed by atoms with E-state index in [1.807, 2.05) is 50.4 Å². The van der Waals surface area contributed by atoms with Crippen molar-refractivity contribution in [3.63, 3.8) is 0 Å². The van der Waals surface area contributed by atoms with Crippen molar-refractivity contribution in [3.05, 3.63) is 70.8 Å². The number of unbranched alkanes of at least 4 members (excludes halogenated alkanes) is 2. The lowest BCUT2D eigenvalue weighted by Crippen LogP contribution is -2.47. The number of amides is 2. The van der Waals surface area contributed by atoms with Gasteiger partial charge in [-0.3, -0.25) is 9.59 Å². The molecule has 0 saturated carbocycles. The highest BCUT2D eigenvalue weighted by atomic mass is 16.2. The number of rotatable bonds is 13. The molecule has 0 radical (unpaired) electrons. The van der Waals surface area contributed by atoms with Crippen molar-refractivity contribution in [2.45, 2.75) is 85.2 Å². The number of benzene rings is 2. The second-order valence-electron chi connectivity index (χ2n) is 11.4. The molecule has 2 aromatic carbocycles. The minimum atomic E-state index is 0.0276. The standard InChI is InChI=1S/C33H49N3O2/c1-6-8-9-10-27-11-15-30(16-12-27)33(38)36(31-20-23-35(24-21-31)22-19-26(3)4)25-28-13-17-29(18-14-28)32(37)34(5)7-2/h11-18,26,31H,6-10,19-25H2,1-5H3. The van der Waals surface area contributed by atoms with Crippen LogP contribution in [0.2, 0.25) is 0 Å². The molecule has 5 heteroatoms. The van der Waals surface area contributed by atoms with Gasteiger partial charge in [-0.05, 0) is 86.9 Å². The zero-order valence-electron chi connectivity index (χ0n) is 24.4. The van der Waals surface area contributed by atoms with Crippen LogP contribution in [0.1, 0.15) is 98.1 Å². The lowest BCUT2D eigenvalue weighted by molar-refractivity contribution is 0.0546.